The molecule has 0 bridgehead atoms. The van der Waals surface area contributed by atoms with Crippen molar-refractivity contribution in [2.24, 2.45) is 0 Å². The van der Waals surface area contributed by atoms with Gasteiger partial charge in [-0.15, -0.1) is 0 Å². The van der Waals surface area contributed by atoms with Gasteiger partial charge in [0.05, 0.1) is 11.9 Å². The zero-order chi connectivity index (χ0) is 13.6. The van der Waals surface area contributed by atoms with Crippen LogP contribution in [-0.2, 0) is 10.2 Å². The molecule has 1 aromatic heterocycles. The van der Waals surface area contributed by atoms with Crippen molar-refractivity contribution in [2.75, 3.05) is 31.9 Å². The Kier molecular flexibility index (Phi) is 6.00. The van der Waals surface area contributed by atoms with Crippen LogP contribution >= 0.6 is 15.9 Å². The van der Waals surface area contributed by atoms with Gasteiger partial charge in [0.15, 0.2) is 0 Å². The minimum Gasteiger partial charge on any atom is -0.320 e. The Morgan fingerprint density at radius 3 is 2.78 bits per heavy atom. The average molecular weight is 337 g/mol. The third-order valence-electron chi connectivity index (χ3n) is 2.26. The number of aromatic nitrogens is 1. The van der Waals surface area contributed by atoms with Gasteiger partial charge in [-0.3, -0.25) is 9.71 Å². The van der Waals surface area contributed by atoms with Gasteiger partial charge in [0.1, 0.15) is 0 Å². The van der Waals surface area contributed by atoms with Gasteiger partial charge in [0.25, 0.3) is 0 Å². The summed E-state index contributed by atoms with van der Waals surface area (Å²) in [5.41, 5.74) is 0.435. The van der Waals surface area contributed by atoms with Crippen LogP contribution in [0.2, 0.25) is 0 Å². The zero-order valence-electron chi connectivity index (χ0n) is 10.4. The van der Waals surface area contributed by atoms with Crippen molar-refractivity contribution in [3.63, 3.8) is 0 Å². The van der Waals surface area contributed by atoms with E-state index in [4.69, 9.17) is 0 Å². The van der Waals surface area contributed by atoms with Crippen LogP contribution in [0.25, 0.3) is 0 Å². The Labute approximate surface area is 116 Å². The first-order valence-corrected chi connectivity index (χ1v) is 7.68. The third kappa shape index (κ3) is 4.89. The molecule has 8 heteroatoms. The highest BCUT2D eigenvalue weighted by atomic mass is 79.9. The molecule has 0 aliphatic heterocycles. The highest BCUT2D eigenvalue weighted by molar-refractivity contribution is 9.10. The molecule has 0 amide bonds. The third-order valence-corrected chi connectivity index (χ3v) is 4.19. The quantitative estimate of drug-likeness (QED) is 0.729. The maximum atomic E-state index is 12.0. The van der Waals surface area contributed by atoms with E-state index in [0.717, 1.165) is 17.4 Å². The van der Waals surface area contributed by atoms with E-state index in [2.05, 4.69) is 31.0 Å². The second kappa shape index (κ2) is 7.03. The number of anilines is 1. The predicted molar refractivity (Wildman–Crippen MR) is 75.7 cm³/mol. The van der Waals surface area contributed by atoms with Crippen LogP contribution in [-0.4, -0.2) is 44.9 Å². The van der Waals surface area contributed by atoms with Crippen LogP contribution in [0.3, 0.4) is 0 Å². The lowest BCUT2D eigenvalue weighted by Crippen LogP contribution is -2.34. The van der Waals surface area contributed by atoms with E-state index >= 15 is 0 Å². The van der Waals surface area contributed by atoms with Crippen LogP contribution in [0.1, 0.15) is 6.42 Å². The Morgan fingerprint density at radius 2 is 2.17 bits per heavy atom. The summed E-state index contributed by atoms with van der Waals surface area (Å²) >= 11 is 3.24. The van der Waals surface area contributed by atoms with Crippen LogP contribution in [0.5, 0.6) is 0 Å². The summed E-state index contributed by atoms with van der Waals surface area (Å²) in [6.07, 6.45) is 3.81. The lowest BCUT2D eigenvalue weighted by molar-refractivity contribution is 0.462. The first-order valence-electron chi connectivity index (χ1n) is 5.45. The van der Waals surface area contributed by atoms with Crippen molar-refractivity contribution in [1.29, 1.82) is 0 Å². The lowest BCUT2D eigenvalue weighted by atomic mass is 10.4. The van der Waals surface area contributed by atoms with Crippen molar-refractivity contribution in [3.8, 4) is 0 Å². The molecule has 18 heavy (non-hydrogen) atoms. The van der Waals surface area contributed by atoms with Crippen LogP contribution in [0.4, 0.5) is 5.69 Å². The van der Waals surface area contributed by atoms with Crippen molar-refractivity contribution < 1.29 is 8.42 Å². The maximum Gasteiger partial charge on any atom is 0.301 e. The first kappa shape index (κ1) is 15.4. The first-order chi connectivity index (χ1) is 8.45. The molecule has 2 N–H and O–H groups in total. The Balaban J connectivity index is 2.64. The Morgan fingerprint density at radius 1 is 1.44 bits per heavy atom. The van der Waals surface area contributed by atoms with E-state index in [1.165, 1.54) is 10.5 Å². The van der Waals surface area contributed by atoms with Gasteiger partial charge in [-0.2, -0.15) is 12.7 Å². The topological polar surface area (TPSA) is 74.3 Å². The molecule has 0 saturated carbocycles. The molecule has 1 aromatic rings. The number of nitrogens with one attached hydrogen (secondary N) is 2. The zero-order valence-corrected chi connectivity index (χ0v) is 12.8. The molecule has 6 nitrogen and oxygen atoms in total. The number of hydrogen-bond donors (Lipinski definition) is 2. The fraction of sp³-hybridized carbons (Fsp3) is 0.500. The number of nitrogens with zero attached hydrogens (tertiary/aromatic N) is 2. The molecular weight excluding hydrogens is 320 g/mol. The summed E-state index contributed by atoms with van der Waals surface area (Å²) in [6.45, 7) is 1.23. The number of rotatable bonds is 7. The predicted octanol–water partition coefficient (Wildman–Crippen LogP) is 1.04. The molecule has 0 radical (unpaired) electrons. The van der Waals surface area contributed by atoms with Crippen molar-refractivity contribution in [1.82, 2.24) is 14.6 Å². The van der Waals surface area contributed by atoms with Crippen LogP contribution in [0.15, 0.2) is 22.9 Å². The van der Waals surface area contributed by atoms with Crippen LogP contribution in [0, 0.1) is 0 Å². The molecule has 0 atom stereocenters. The molecule has 1 heterocycles. The van der Waals surface area contributed by atoms with E-state index in [1.807, 2.05) is 7.05 Å². The fourth-order valence-electron chi connectivity index (χ4n) is 1.29. The smallest absolute Gasteiger partial charge is 0.301 e. The molecule has 102 valence electrons. The highest BCUT2D eigenvalue weighted by Crippen LogP contribution is 2.15. The summed E-state index contributed by atoms with van der Waals surface area (Å²) < 4.78 is 28.4. The molecule has 0 fully saturated rings. The average Bonchev–Trinajstić information content (AvgIpc) is 2.28. The molecular formula is C10H17BrN4O2S. The van der Waals surface area contributed by atoms with Gasteiger partial charge in [0, 0.05) is 24.3 Å². The normalized spacial score (nSPS) is 11.8. The lowest BCUT2D eigenvalue weighted by Gasteiger charge is -2.18. The van der Waals surface area contributed by atoms with Crippen molar-refractivity contribution >= 4 is 31.8 Å². The van der Waals surface area contributed by atoms with Gasteiger partial charge in [-0.1, -0.05) is 0 Å². The van der Waals surface area contributed by atoms with Crippen molar-refractivity contribution in [2.45, 2.75) is 6.42 Å². The SMILES string of the molecule is CNCCCN(C)S(=O)(=O)Nc1cncc(Br)c1. The van der Waals surface area contributed by atoms with Gasteiger partial charge < -0.3 is 5.32 Å². The van der Waals surface area contributed by atoms with Crippen molar-refractivity contribution in [3.05, 3.63) is 22.9 Å². The summed E-state index contributed by atoms with van der Waals surface area (Å²) in [5.74, 6) is 0. The summed E-state index contributed by atoms with van der Waals surface area (Å²) in [5, 5.41) is 2.97. The molecule has 0 aromatic carbocycles. The monoisotopic (exact) mass is 336 g/mol. The van der Waals surface area contributed by atoms with E-state index in [9.17, 15) is 8.42 Å². The standard InChI is InChI=1S/C10H17BrN4O2S/c1-12-4-3-5-15(2)18(16,17)14-10-6-9(11)7-13-8-10/h6-8,12,14H,3-5H2,1-2H3. The molecule has 0 aliphatic rings. The highest BCUT2D eigenvalue weighted by Gasteiger charge is 2.17. The van der Waals surface area contributed by atoms with Gasteiger partial charge in [-0.25, -0.2) is 0 Å². The molecule has 0 spiro atoms. The minimum atomic E-state index is -3.52. The number of hydrogen-bond acceptors (Lipinski definition) is 4. The second-order valence-corrected chi connectivity index (χ2v) is 6.47. The van der Waals surface area contributed by atoms with Gasteiger partial charge in [0.2, 0.25) is 0 Å². The van der Waals surface area contributed by atoms with E-state index in [1.54, 1.807) is 19.3 Å². The fourth-order valence-corrected chi connectivity index (χ4v) is 2.59. The molecule has 1 rings (SSSR count). The Hall–Kier alpha value is -0.700. The van der Waals surface area contributed by atoms with Crippen LogP contribution < -0.4 is 10.0 Å². The number of halogens is 1. The summed E-state index contributed by atoms with van der Waals surface area (Å²) in [7, 11) is -0.138. The Bertz CT molecular complexity index is 481. The molecule has 0 saturated heterocycles. The molecule has 0 unspecified atom stereocenters. The van der Waals surface area contributed by atoms with E-state index in [0.29, 0.717) is 12.2 Å². The minimum absolute atomic E-state index is 0.435. The summed E-state index contributed by atoms with van der Waals surface area (Å²) in [4.78, 5) is 3.90. The van der Waals surface area contributed by atoms with E-state index in [-0.39, 0.29) is 0 Å². The largest absolute Gasteiger partial charge is 0.320 e. The van der Waals surface area contributed by atoms with Gasteiger partial charge in [-0.05, 0) is 42.0 Å². The second-order valence-electron chi connectivity index (χ2n) is 3.78. The van der Waals surface area contributed by atoms with Gasteiger partial charge >= 0.3 is 10.2 Å². The van der Waals surface area contributed by atoms with E-state index < -0.39 is 10.2 Å². The number of pyridine rings is 1. The summed E-state index contributed by atoms with van der Waals surface area (Å²) in [6, 6.07) is 1.66. The molecule has 0 aliphatic carbocycles. The maximum absolute atomic E-state index is 12.0.